The highest BCUT2D eigenvalue weighted by molar-refractivity contribution is 5.50. The van der Waals surface area contributed by atoms with Crippen molar-refractivity contribution in [2.45, 2.75) is 26.3 Å². The molecule has 3 heteroatoms. The van der Waals surface area contributed by atoms with Crippen molar-refractivity contribution in [2.75, 3.05) is 32.2 Å². The first-order chi connectivity index (χ1) is 8.04. The number of hydrogen-bond acceptors (Lipinski definition) is 3. The van der Waals surface area contributed by atoms with E-state index in [0.29, 0.717) is 0 Å². The van der Waals surface area contributed by atoms with E-state index in [2.05, 4.69) is 37.1 Å². The van der Waals surface area contributed by atoms with Gasteiger partial charge in [0.2, 0.25) is 0 Å². The van der Waals surface area contributed by atoms with Crippen molar-refractivity contribution in [3.05, 3.63) is 29.3 Å². The first-order valence-corrected chi connectivity index (χ1v) is 6.09. The molecule has 17 heavy (non-hydrogen) atoms. The quantitative estimate of drug-likeness (QED) is 0.820. The molecule has 1 aromatic rings. The van der Waals surface area contributed by atoms with Gasteiger partial charge in [-0.15, -0.1) is 0 Å². The van der Waals surface area contributed by atoms with E-state index in [1.165, 1.54) is 16.8 Å². The van der Waals surface area contributed by atoms with Crippen LogP contribution in [0.3, 0.4) is 0 Å². The number of benzene rings is 1. The second-order valence-electron chi connectivity index (χ2n) is 4.71. The van der Waals surface area contributed by atoms with Gasteiger partial charge in [-0.25, -0.2) is 0 Å². The number of nitrogens with zero attached hydrogens (tertiary/aromatic N) is 1. The van der Waals surface area contributed by atoms with Crippen molar-refractivity contribution < 1.29 is 4.74 Å². The molecular weight excluding hydrogens is 212 g/mol. The van der Waals surface area contributed by atoms with Crippen LogP contribution in [0.15, 0.2) is 18.2 Å². The van der Waals surface area contributed by atoms with Gasteiger partial charge in [-0.3, -0.25) is 0 Å². The fourth-order valence-corrected chi connectivity index (χ4v) is 1.85. The Morgan fingerprint density at radius 1 is 1.41 bits per heavy atom. The van der Waals surface area contributed by atoms with E-state index in [0.717, 1.165) is 19.6 Å². The summed E-state index contributed by atoms with van der Waals surface area (Å²) in [6, 6.07) is 6.76. The van der Waals surface area contributed by atoms with E-state index < -0.39 is 0 Å². The Kier molecular flexibility index (Phi) is 5.45. The maximum atomic E-state index is 5.83. The zero-order chi connectivity index (χ0) is 12.8. The summed E-state index contributed by atoms with van der Waals surface area (Å²) in [7, 11) is 3.81. The summed E-state index contributed by atoms with van der Waals surface area (Å²) >= 11 is 0. The number of nitrogens with two attached hydrogens (primary N) is 1. The van der Waals surface area contributed by atoms with Crippen LogP contribution in [0, 0.1) is 6.92 Å². The van der Waals surface area contributed by atoms with Crippen molar-refractivity contribution in [3.8, 4) is 0 Å². The van der Waals surface area contributed by atoms with Gasteiger partial charge >= 0.3 is 0 Å². The average molecular weight is 236 g/mol. The maximum Gasteiger partial charge on any atom is 0.0637 e. The van der Waals surface area contributed by atoms with Crippen LogP contribution in [-0.4, -0.2) is 33.4 Å². The van der Waals surface area contributed by atoms with E-state index >= 15 is 0 Å². The molecule has 2 N–H and O–H groups in total. The minimum absolute atomic E-state index is 0.214. The number of anilines is 1. The first kappa shape index (κ1) is 14.0. The third-order valence-electron chi connectivity index (χ3n) is 2.94. The smallest absolute Gasteiger partial charge is 0.0637 e. The van der Waals surface area contributed by atoms with Gasteiger partial charge in [0.15, 0.2) is 0 Å². The molecule has 0 spiro atoms. The lowest BCUT2D eigenvalue weighted by atomic mass is 10.0. The molecule has 0 aliphatic rings. The number of hydrogen-bond donors (Lipinski definition) is 1. The van der Waals surface area contributed by atoms with Crippen LogP contribution < -0.4 is 10.6 Å². The van der Waals surface area contributed by atoms with Crippen LogP contribution in [0.1, 0.15) is 18.1 Å². The highest BCUT2D eigenvalue weighted by atomic mass is 16.5. The van der Waals surface area contributed by atoms with Gasteiger partial charge in [0.05, 0.1) is 6.61 Å². The molecule has 0 saturated heterocycles. The van der Waals surface area contributed by atoms with E-state index in [-0.39, 0.29) is 6.04 Å². The Bertz CT molecular complexity index is 350. The Balaban J connectivity index is 2.73. The third kappa shape index (κ3) is 4.36. The molecule has 3 nitrogen and oxygen atoms in total. The summed E-state index contributed by atoms with van der Waals surface area (Å²) in [4.78, 5) is 2.20. The van der Waals surface area contributed by atoms with Gasteiger partial charge < -0.3 is 15.4 Å². The molecule has 0 radical (unpaired) electrons. The summed E-state index contributed by atoms with van der Waals surface area (Å²) in [6.07, 6.45) is 0.938. The predicted octanol–water partition coefficient (Wildman–Crippen LogP) is 1.97. The van der Waals surface area contributed by atoms with Gasteiger partial charge in [0.25, 0.3) is 0 Å². The minimum Gasteiger partial charge on any atom is -0.383 e. The lowest BCUT2D eigenvalue weighted by Crippen LogP contribution is -2.22. The summed E-state index contributed by atoms with van der Waals surface area (Å²) in [6.45, 7) is 5.84. The zero-order valence-corrected chi connectivity index (χ0v) is 11.4. The topological polar surface area (TPSA) is 38.5 Å². The standard InChI is InChI=1S/C14H24N2O/c1-11-9-14(16(3)7-8-17-4)6-5-13(11)10-12(2)15/h5-6,9,12H,7-8,10,15H2,1-4H3. The summed E-state index contributed by atoms with van der Waals surface area (Å²) in [5.74, 6) is 0. The monoisotopic (exact) mass is 236 g/mol. The van der Waals surface area contributed by atoms with E-state index in [1.54, 1.807) is 7.11 Å². The molecule has 0 aliphatic heterocycles. The molecule has 1 atom stereocenters. The van der Waals surface area contributed by atoms with E-state index in [4.69, 9.17) is 10.5 Å². The highest BCUT2D eigenvalue weighted by Gasteiger charge is 2.05. The predicted molar refractivity (Wildman–Crippen MR) is 73.7 cm³/mol. The maximum absolute atomic E-state index is 5.83. The Labute approximate surface area is 105 Å². The van der Waals surface area contributed by atoms with Gasteiger partial charge in [-0.1, -0.05) is 6.07 Å². The Morgan fingerprint density at radius 2 is 2.12 bits per heavy atom. The van der Waals surface area contributed by atoms with Crippen LogP contribution in [0.5, 0.6) is 0 Å². The molecule has 96 valence electrons. The van der Waals surface area contributed by atoms with Crippen LogP contribution >= 0.6 is 0 Å². The van der Waals surface area contributed by atoms with Gasteiger partial charge in [0.1, 0.15) is 0 Å². The van der Waals surface area contributed by atoms with Crippen molar-refractivity contribution in [1.29, 1.82) is 0 Å². The molecule has 0 aromatic heterocycles. The fraction of sp³-hybridized carbons (Fsp3) is 0.571. The molecule has 1 unspecified atom stereocenters. The van der Waals surface area contributed by atoms with Gasteiger partial charge in [-0.05, 0) is 43.5 Å². The molecule has 0 amide bonds. The summed E-state index contributed by atoms with van der Waals surface area (Å²) in [5.41, 5.74) is 9.71. The zero-order valence-electron chi connectivity index (χ0n) is 11.4. The van der Waals surface area contributed by atoms with Crippen molar-refractivity contribution in [3.63, 3.8) is 0 Å². The van der Waals surface area contributed by atoms with Gasteiger partial charge in [-0.2, -0.15) is 0 Å². The van der Waals surface area contributed by atoms with Gasteiger partial charge in [0, 0.05) is 32.4 Å². The van der Waals surface area contributed by atoms with Crippen LogP contribution in [-0.2, 0) is 11.2 Å². The number of aryl methyl sites for hydroxylation is 1. The number of likely N-dealkylation sites (N-methyl/N-ethyl adjacent to an activating group) is 1. The largest absolute Gasteiger partial charge is 0.383 e. The lowest BCUT2D eigenvalue weighted by Gasteiger charge is -2.20. The number of methoxy groups -OCH3 is 1. The average Bonchev–Trinajstić information content (AvgIpc) is 2.28. The SMILES string of the molecule is COCCN(C)c1ccc(CC(C)N)c(C)c1. The van der Waals surface area contributed by atoms with Crippen molar-refractivity contribution >= 4 is 5.69 Å². The molecule has 0 aliphatic carbocycles. The molecular formula is C14H24N2O. The van der Waals surface area contributed by atoms with Crippen LogP contribution in [0.4, 0.5) is 5.69 Å². The second-order valence-corrected chi connectivity index (χ2v) is 4.71. The highest BCUT2D eigenvalue weighted by Crippen LogP contribution is 2.19. The molecule has 0 bridgehead atoms. The Hall–Kier alpha value is -1.06. The summed E-state index contributed by atoms with van der Waals surface area (Å²) < 4.78 is 5.08. The number of rotatable bonds is 6. The normalized spacial score (nSPS) is 12.5. The summed E-state index contributed by atoms with van der Waals surface area (Å²) in [5, 5.41) is 0. The lowest BCUT2D eigenvalue weighted by molar-refractivity contribution is 0.206. The Morgan fingerprint density at radius 3 is 2.65 bits per heavy atom. The van der Waals surface area contributed by atoms with Crippen LogP contribution in [0.2, 0.25) is 0 Å². The van der Waals surface area contributed by atoms with Crippen molar-refractivity contribution in [2.24, 2.45) is 5.73 Å². The minimum atomic E-state index is 0.214. The van der Waals surface area contributed by atoms with E-state index in [9.17, 15) is 0 Å². The van der Waals surface area contributed by atoms with Crippen molar-refractivity contribution in [1.82, 2.24) is 0 Å². The molecule has 0 saturated carbocycles. The molecule has 1 aromatic carbocycles. The second kappa shape index (κ2) is 6.62. The van der Waals surface area contributed by atoms with Crippen LogP contribution in [0.25, 0.3) is 0 Å². The number of ether oxygens (including phenoxy) is 1. The van der Waals surface area contributed by atoms with E-state index in [1.807, 2.05) is 6.92 Å². The first-order valence-electron chi connectivity index (χ1n) is 6.09. The molecule has 0 fully saturated rings. The third-order valence-corrected chi connectivity index (χ3v) is 2.94. The molecule has 0 heterocycles. The fourth-order valence-electron chi connectivity index (χ4n) is 1.85. The molecule has 1 rings (SSSR count).